The van der Waals surface area contributed by atoms with Gasteiger partial charge in [0.25, 0.3) is 5.91 Å². The summed E-state index contributed by atoms with van der Waals surface area (Å²) in [6.07, 6.45) is 4.15. The standard InChI is InChI=1S/C15H20N4O/c1-3-7-19(10-12-5-4-6-13(16)8-12)15(20)14-9-17-11-18(14)2/h4-6,8-9,11H,3,7,10,16H2,1-2H3. The highest BCUT2D eigenvalue weighted by atomic mass is 16.2. The van der Waals surface area contributed by atoms with Gasteiger partial charge in [-0.15, -0.1) is 0 Å². The van der Waals surface area contributed by atoms with Crippen LogP contribution in [0.4, 0.5) is 5.69 Å². The summed E-state index contributed by atoms with van der Waals surface area (Å²) in [5.41, 5.74) is 8.14. The lowest BCUT2D eigenvalue weighted by molar-refractivity contribution is 0.0733. The van der Waals surface area contributed by atoms with Gasteiger partial charge < -0.3 is 15.2 Å². The van der Waals surface area contributed by atoms with Gasteiger partial charge in [0.1, 0.15) is 5.69 Å². The average Bonchev–Trinajstić information content (AvgIpc) is 2.84. The SMILES string of the molecule is CCCN(Cc1cccc(N)c1)C(=O)c1cncn1C. The molecule has 0 bridgehead atoms. The summed E-state index contributed by atoms with van der Waals surface area (Å²) in [5, 5.41) is 0. The molecule has 0 radical (unpaired) electrons. The molecule has 0 aliphatic rings. The minimum atomic E-state index is -0.00530. The Morgan fingerprint density at radius 3 is 2.85 bits per heavy atom. The molecule has 0 saturated heterocycles. The lowest BCUT2D eigenvalue weighted by Gasteiger charge is -2.22. The Bertz CT molecular complexity index is 591. The summed E-state index contributed by atoms with van der Waals surface area (Å²) >= 11 is 0. The molecule has 2 N–H and O–H groups in total. The first-order valence-electron chi connectivity index (χ1n) is 6.71. The van der Waals surface area contributed by atoms with Crippen molar-refractivity contribution in [3.05, 3.63) is 48.0 Å². The second kappa shape index (κ2) is 6.23. The van der Waals surface area contributed by atoms with Crippen molar-refractivity contribution in [2.75, 3.05) is 12.3 Å². The minimum absolute atomic E-state index is 0.00530. The van der Waals surface area contributed by atoms with Crippen LogP contribution in [-0.4, -0.2) is 26.9 Å². The second-order valence-electron chi connectivity index (χ2n) is 4.86. The van der Waals surface area contributed by atoms with E-state index in [1.165, 1.54) is 0 Å². The third kappa shape index (κ3) is 3.17. The summed E-state index contributed by atoms with van der Waals surface area (Å²) in [4.78, 5) is 18.4. The average molecular weight is 272 g/mol. The van der Waals surface area contributed by atoms with Crippen LogP contribution in [0.15, 0.2) is 36.8 Å². The number of hydrogen-bond acceptors (Lipinski definition) is 3. The molecule has 0 unspecified atom stereocenters. The molecule has 2 aromatic rings. The number of hydrogen-bond donors (Lipinski definition) is 1. The summed E-state index contributed by atoms with van der Waals surface area (Å²) < 4.78 is 1.74. The highest BCUT2D eigenvalue weighted by Crippen LogP contribution is 2.12. The van der Waals surface area contributed by atoms with E-state index in [1.54, 1.807) is 17.1 Å². The predicted octanol–water partition coefficient (Wildman–Crippen LogP) is 2.05. The van der Waals surface area contributed by atoms with Crippen LogP contribution in [0.25, 0.3) is 0 Å². The Labute approximate surface area is 119 Å². The fourth-order valence-electron chi connectivity index (χ4n) is 2.16. The van der Waals surface area contributed by atoms with Crippen molar-refractivity contribution in [1.29, 1.82) is 0 Å². The van der Waals surface area contributed by atoms with Gasteiger partial charge in [-0.2, -0.15) is 0 Å². The van der Waals surface area contributed by atoms with E-state index in [9.17, 15) is 4.79 Å². The lowest BCUT2D eigenvalue weighted by Crippen LogP contribution is -2.32. The summed E-state index contributed by atoms with van der Waals surface area (Å²) in [6.45, 7) is 3.32. The molecular formula is C15H20N4O. The number of rotatable bonds is 5. The molecule has 0 spiro atoms. The fourth-order valence-corrected chi connectivity index (χ4v) is 2.16. The maximum absolute atomic E-state index is 12.5. The van der Waals surface area contributed by atoms with Crippen LogP contribution >= 0.6 is 0 Å². The summed E-state index contributed by atoms with van der Waals surface area (Å²) in [7, 11) is 1.82. The number of anilines is 1. The van der Waals surface area contributed by atoms with E-state index in [-0.39, 0.29) is 5.91 Å². The van der Waals surface area contributed by atoms with Gasteiger partial charge in [-0.05, 0) is 24.1 Å². The van der Waals surface area contributed by atoms with Gasteiger partial charge in [0.05, 0.1) is 12.5 Å². The molecule has 0 atom stereocenters. The zero-order chi connectivity index (χ0) is 14.5. The first-order valence-corrected chi connectivity index (χ1v) is 6.71. The number of benzene rings is 1. The molecule has 2 rings (SSSR count). The lowest BCUT2D eigenvalue weighted by atomic mass is 10.2. The van der Waals surface area contributed by atoms with Crippen LogP contribution in [-0.2, 0) is 13.6 Å². The number of carbonyl (C=O) groups is 1. The van der Waals surface area contributed by atoms with E-state index in [0.29, 0.717) is 24.5 Å². The Hall–Kier alpha value is -2.30. The molecule has 0 aliphatic carbocycles. The molecular weight excluding hydrogens is 252 g/mol. The van der Waals surface area contributed by atoms with Crippen LogP contribution in [0.3, 0.4) is 0 Å². The van der Waals surface area contributed by atoms with Crippen LogP contribution in [0.1, 0.15) is 29.4 Å². The van der Waals surface area contributed by atoms with Gasteiger partial charge in [0, 0.05) is 25.8 Å². The molecule has 1 aromatic carbocycles. The van der Waals surface area contributed by atoms with E-state index in [2.05, 4.69) is 11.9 Å². The van der Waals surface area contributed by atoms with Gasteiger partial charge >= 0.3 is 0 Å². The third-order valence-corrected chi connectivity index (χ3v) is 3.14. The fraction of sp³-hybridized carbons (Fsp3) is 0.333. The van der Waals surface area contributed by atoms with E-state index in [1.807, 2.05) is 36.2 Å². The van der Waals surface area contributed by atoms with E-state index < -0.39 is 0 Å². The number of nitrogen functional groups attached to an aromatic ring is 1. The smallest absolute Gasteiger partial charge is 0.272 e. The molecule has 1 amide bonds. The van der Waals surface area contributed by atoms with Gasteiger partial charge in [-0.25, -0.2) is 4.98 Å². The second-order valence-corrected chi connectivity index (χ2v) is 4.86. The molecule has 0 aliphatic heterocycles. The number of nitrogens with zero attached hydrogens (tertiary/aromatic N) is 3. The quantitative estimate of drug-likeness (QED) is 0.847. The van der Waals surface area contributed by atoms with Crippen molar-refractivity contribution in [3.63, 3.8) is 0 Å². The van der Waals surface area contributed by atoms with E-state index >= 15 is 0 Å². The molecule has 0 saturated carbocycles. The number of aryl methyl sites for hydroxylation is 1. The Morgan fingerprint density at radius 2 is 2.25 bits per heavy atom. The van der Waals surface area contributed by atoms with Gasteiger partial charge in [0.15, 0.2) is 0 Å². The number of imidazole rings is 1. The minimum Gasteiger partial charge on any atom is -0.399 e. The van der Waals surface area contributed by atoms with Crippen molar-refractivity contribution in [3.8, 4) is 0 Å². The molecule has 5 heteroatoms. The van der Waals surface area contributed by atoms with Crippen molar-refractivity contribution < 1.29 is 4.79 Å². The molecule has 20 heavy (non-hydrogen) atoms. The zero-order valence-electron chi connectivity index (χ0n) is 11.9. The van der Waals surface area contributed by atoms with Crippen molar-refractivity contribution in [2.45, 2.75) is 19.9 Å². The van der Waals surface area contributed by atoms with Crippen molar-refractivity contribution in [2.24, 2.45) is 7.05 Å². The highest BCUT2D eigenvalue weighted by molar-refractivity contribution is 5.92. The van der Waals surface area contributed by atoms with Gasteiger partial charge in [-0.1, -0.05) is 19.1 Å². The Morgan fingerprint density at radius 1 is 1.45 bits per heavy atom. The van der Waals surface area contributed by atoms with Crippen LogP contribution in [0.5, 0.6) is 0 Å². The molecule has 1 heterocycles. The third-order valence-electron chi connectivity index (χ3n) is 3.14. The number of carbonyl (C=O) groups excluding carboxylic acids is 1. The van der Waals surface area contributed by atoms with Crippen LogP contribution in [0.2, 0.25) is 0 Å². The number of aromatic nitrogens is 2. The van der Waals surface area contributed by atoms with Gasteiger partial charge in [-0.3, -0.25) is 4.79 Å². The predicted molar refractivity (Wildman–Crippen MR) is 79.1 cm³/mol. The summed E-state index contributed by atoms with van der Waals surface area (Å²) in [6, 6.07) is 7.63. The number of amides is 1. The Balaban J connectivity index is 2.19. The molecule has 106 valence electrons. The number of nitrogens with two attached hydrogens (primary N) is 1. The molecule has 0 fully saturated rings. The van der Waals surface area contributed by atoms with Crippen molar-refractivity contribution in [1.82, 2.24) is 14.5 Å². The largest absolute Gasteiger partial charge is 0.399 e. The van der Waals surface area contributed by atoms with E-state index in [0.717, 1.165) is 12.0 Å². The summed E-state index contributed by atoms with van der Waals surface area (Å²) in [5.74, 6) is -0.00530. The van der Waals surface area contributed by atoms with Crippen molar-refractivity contribution >= 4 is 11.6 Å². The van der Waals surface area contributed by atoms with Crippen LogP contribution in [0, 0.1) is 0 Å². The zero-order valence-corrected chi connectivity index (χ0v) is 11.9. The normalized spacial score (nSPS) is 10.5. The monoisotopic (exact) mass is 272 g/mol. The molecule has 1 aromatic heterocycles. The maximum Gasteiger partial charge on any atom is 0.272 e. The van der Waals surface area contributed by atoms with Crippen LogP contribution < -0.4 is 5.73 Å². The highest BCUT2D eigenvalue weighted by Gasteiger charge is 2.18. The first-order chi connectivity index (χ1) is 9.61. The maximum atomic E-state index is 12.5. The van der Waals surface area contributed by atoms with E-state index in [4.69, 9.17) is 5.73 Å². The van der Waals surface area contributed by atoms with Gasteiger partial charge in [0.2, 0.25) is 0 Å². The molecule has 5 nitrogen and oxygen atoms in total. The topological polar surface area (TPSA) is 64.2 Å². The Kier molecular flexibility index (Phi) is 4.40. The first kappa shape index (κ1) is 14.1.